The molecule has 1 unspecified atom stereocenters. The highest BCUT2D eigenvalue weighted by atomic mass is 16.5. The van der Waals surface area contributed by atoms with Gasteiger partial charge < -0.3 is 25.6 Å². The molecule has 0 aliphatic rings. The number of carbonyl (C=O) groups excluding carboxylic acids is 2. The number of amides is 1. The average Bonchev–Trinajstić information content (AvgIpc) is 2.43. The van der Waals surface area contributed by atoms with Gasteiger partial charge in [0.1, 0.15) is 5.75 Å². The molecule has 0 aliphatic heterocycles. The van der Waals surface area contributed by atoms with Gasteiger partial charge in [-0.1, -0.05) is 0 Å². The molecule has 1 aromatic carbocycles. The first-order chi connectivity index (χ1) is 8.99. The van der Waals surface area contributed by atoms with Crippen molar-refractivity contribution in [2.45, 2.75) is 6.10 Å². The van der Waals surface area contributed by atoms with Gasteiger partial charge in [-0.3, -0.25) is 4.79 Å². The van der Waals surface area contributed by atoms with E-state index < -0.39 is 18.0 Å². The van der Waals surface area contributed by atoms with Crippen molar-refractivity contribution in [3.63, 3.8) is 0 Å². The Morgan fingerprint density at radius 2 is 2.11 bits per heavy atom. The van der Waals surface area contributed by atoms with Crippen LogP contribution in [0.25, 0.3) is 0 Å². The molecule has 7 nitrogen and oxygen atoms in total. The second kappa shape index (κ2) is 6.60. The average molecular weight is 268 g/mol. The highest BCUT2D eigenvalue weighted by Crippen LogP contribution is 2.21. The standard InChI is InChI=1S/C12H16N2O5/c1-18-10-5-7(3-4-8(10)13)11(16)14-6-9(15)12(17)19-2/h3-5,9,15H,6,13H2,1-2H3,(H,14,16). The van der Waals surface area contributed by atoms with Gasteiger partial charge in [0.05, 0.1) is 26.5 Å². The predicted molar refractivity (Wildman–Crippen MR) is 67.8 cm³/mol. The number of nitrogens with two attached hydrogens (primary N) is 1. The maximum Gasteiger partial charge on any atom is 0.336 e. The number of carbonyl (C=O) groups is 2. The summed E-state index contributed by atoms with van der Waals surface area (Å²) >= 11 is 0. The fourth-order valence-corrected chi connectivity index (χ4v) is 1.36. The number of methoxy groups -OCH3 is 2. The zero-order valence-corrected chi connectivity index (χ0v) is 10.7. The molecule has 0 fully saturated rings. The zero-order valence-electron chi connectivity index (χ0n) is 10.7. The third kappa shape index (κ3) is 3.85. The minimum absolute atomic E-state index is 0.238. The number of rotatable bonds is 5. The molecule has 104 valence electrons. The quantitative estimate of drug-likeness (QED) is 0.492. The van der Waals surface area contributed by atoms with Crippen LogP contribution in [0.15, 0.2) is 18.2 Å². The van der Waals surface area contributed by atoms with E-state index in [-0.39, 0.29) is 6.54 Å². The number of aliphatic hydroxyl groups excluding tert-OH is 1. The number of benzene rings is 1. The van der Waals surface area contributed by atoms with E-state index in [0.717, 1.165) is 7.11 Å². The number of aliphatic hydroxyl groups is 1. The summed E-state index contributed by atoms with van der Waals surface area (Å²) < 4.78 is 9.31. The van der Waals surface area contributed by atoms with Gasteiger partial charge in [-0.25, -0.2) is 4.79 Å². The lowest BCUT2D eigenvalue weighted by Crippen LogP contribution is -2.37. The molecule has 1 atom stereocenters. The summed E-state index contributed by atoms with van der Waals surface area (Å²) in [7, 11) is 2.59. The normalized spacial score (nSPS) is 11.5. The maximum absolute atomic E-state index is 11.8. The number of nitrogens with one attached hydrogen (secondary N) is 1. The minimum Gasteiger partial charge on any atom is -0.495 e. The molecule has 0 radical (unpaired) electrons. The molecule has 0 saturated carbocycles. The third-order valence-electron chi connectivity index (χ3n) is 2.42. The molecule has 0 heterocycles. The lowest BCUT2D eigenvalue weighted by Gasteiger charge is -2.11. The molecule has 4 N–H and O–H groups in total. The zero-order chi connectivity index (χ0) is 14.4. The monoisotopic (exact) mass is 268 g/mol. The Kier molecular flexibility index (Phi) is 5.13. The lowest BCUT2D eigenvalue weighted by molar-refractivity contribution is -0.149. The number of hydrogen-bond acceptors (Lipinski definition) is 6. The van der Waals surface area contributed by atoms with Crippen molar-refractivity contribution >= 4 is 17.6 Å². The van der Waals surface area contributed by atoms with E-state index in [0.29, 0.717) is 17.0 Å². The van der Waals surface area contributed by atoms with Crippen LogP contribution >= 0.6 is 0 Å². The Labute approximate surface area is 110 Å². The van der Waals surface area contributed by atoms with Crippen LogP contribution in [0.4, 0.5) is 5.69 Å². The van der Waals surface area contributed by atoms with Crippen molar-refractivity contribution in [1.29, 1.82) is 0 Å². The summed E-state index contributed by atoms with van der Waals surface area (Å²) in [5.41, 5.74) is 6.34. The van der Waals surface area contributed by atoms with Crippen molar-refractivity contribution in [2.75, 3.05) is 26.5 Å². The Morgan fingerprint density at radius 3 is 2.68 bits per heavy atom. The van der Waals surface area contributed by atoms with E-state index in [2.05, 4.69) is 10.1 Å². The van der Waals surface area contributed by atoms with Crippen molar-refractivity contribution in [2.24, 2.45) is 0 Å². The molecular formula is C12H16N2O5. The van der Waals surface area contributed by atoms with Gasteiger partial charge in [0, 0.05) is 5.56 Å². The van der Waals surface area contributed by atoms with Crippen LogP contribution in [-0.4, -0.2) is 43.9 Å². The van der Waals surface area contributed by atoms with Gasteiger partial charge >= 0.3 is 5.97 Å². The molecule has 1 aromatic rings. The summed E-state index contributed by atoms with van der Waals surface area (Å²) in [5, 5.41) is 11.7. The number of esters is 1. The number of nitrogen functional groups attached to an aromatic ring is 1. The van der Waals surface area contributed by atoms with Crippen molar-refractivity contribution < 1.29 is 24.2 Å². The first-order valence-corrected chi connectivity index (χ1v) is 5.47. The van der Waals surface area contributed by atoms with E-state index in [4.69, 9.17) is 10.5 Å². The van der Waals surface area contributed by atoms with Crippen LogP contribution in [0.2, 0.25) is 0 Å². The summed E-state index contributed by atoms with van der Waals surface area (Å²) in [6.45, 7) is -0.238. The van der Waals surface area contributed by atoms with Gasteiger partial charge in [0.25, 0.3) is 5.91 Å². The summed E-state index contributed by atoms with van der Waals surface area (Å²) in [5.74, 6) is -0.891. The smallest absolute Gasteiger partial charge is 0.336 e. The van der Waals surface area contributed by atoms with Crippen LogP contribution in [0.1, 0.15) is 10.4 Å². The molecule has 1 amide bonds. The van der Waals surface area contributed by atoms with Gasteiger partial charge in [0.15, 0.2) is 6.10 Å². The number of hydrogen-bond donors (Lipinski definition) is 3. The molecular weight excluding hydrogens is 252 g/mol. The first-order valence-electron chi connectivity index (χ1n) is 5.47. The van der Waals surface area contributed by atoms with Crippen LogP contribution < -0.4 is 15.8 Å². The largest absolute Gasteiger partial charge is 0.495 e. The van der Waals surface area contributed by atoms with Gasteiger partial charge in [0.2, 0.25) is 0 Å². The van der Waals surface area contributed by atoms with Crippen LogP contribution in [0, 0.1) is 0 Å². The van der Waals surface area contributed by atoms with E-state index in [1.165, 1.54) is 25.3 Å². The number of ether oxygens (including phenoxy) is 2. The van der Waals surface area contributed by atoms with Gasteiger partial charge in [-0.05, 0) is 18.2 Å². The highest BCUT2D eigenvalue weighted by molar-refractivity contribution is 5.95. The second-order valence-electron chi connectivity index (χ2n) is 3.71. The molecule has 19 heavy (non-hydrogen) atoms. The Morgan fingerprint density at radius 1 is 1.42 bits per heavy atom. The van der Waals surface area contributed by atoms with E-state index in [9.17, 15) is 14.7 Å². The van der Waals surface area contributed by atoms with Crippen molar-refractivity contribution in [3.05, 3.63) is 23.8 Å². The highest BCUT2D eigenvalue weighted by Gasteiger charge is 2.17. The first kappa shape index (κ1) is 14.8. The minimum atomic E-state index is -1.40. The predicted octanol–water partition coefficient (Wildman–Crippen LogP) is -0.459. The Balaban J connectivity index is 2.66. The molecule has 0 bridgehead atoms. The topological polar surface area (TPSA) is 111 Å². The summed E-state index contributed by atoms with van der Waals surface area (Å²) in [6, 6.07) is 4.51. The van der Waals surface area contributed by atoms with E-state index in [1.54, 1.807) is 0 Å². The Bertz CT molecular complexity index is 475. The summed E-state index contributed by atoms with van der Waals surface area (Å²) in [4.78, 5) is 22.7. The summed E-state index contributed by atoms with van der Waals surface area (Å²) in [6.07, 6.45) is -1.40. The number of anilines is 1. The molecule has 0 spiro atoms. The Hall–Kier alpha value is -2.28. The van der Waals surface area contributed by atoms with Crippen molar-refractivity contribution in [1.82, 2.24) is 5.32 Å². The lowest BCUT2D eigenvalue weighted by atomic mass is 10.1. The van der Waals surface area contributed by atoms with Crippen LogP contribution in [-0.2, 0) is 9.53 Å². The molecule has 0 aliphatic carbocycles. The SMILES string of the molecule is COC(=O)C(O)CNC(=O)c1ccc(N)c(OC)c1. The maximum atomic E-state index is 11.8. The fraction of sp³-hybridized carbons (Fsp3) is 0.333. The second-order valence-corrected chi connectivity index (χ2v) is 3.71. The molecule has 7 heteroatoms. The van der Waals surface area contributed by atoms with Gasteiger partial charge in [-0.15, -0.1) is 0 Å². The van der Waals surface area contributed by atoms with E-state index in [1.807, 2.05) is 0 Å². The van der Waals surface area contributed by atoms with Crippen molar-refractivity contribution in [3.8, 4) is 5.75 Å². The molecule has 0 saturated heterocycles. The molecule has 1 rings (SSSR count). The van der Waals surface area contributed by atoms with E-state index >= 15 is 0 Å². The van der Waals surface area contributed by atoms with Crippen LogP contribution in [0.3, 0.4) is 0 Å². The fourth-order valence-electron chi connectivity index (χ4n) is 1.36. The van der Waals surface area contributed by atoms with Crippen LogP contribution in [0.5, 0.6) is 5.75 Å². The van der Waals surface area contributed by atoms with Gasteiger partial charge in [-0.2, -0.15) is 0 Å². The molecule has 0 aromatic heterocycles. The third-order valence-corrected chi connectivity index (χ3v) is 2.42.